The first-order valence-electron chi connectivity index (χ1n) is 14.5. The van der Waals surface area contributed by atoms with Gasteiger partial charge in [-0.25, -0.2) is 0 Å². The Balaban J connectivity index is 1.50. The molecule has 0 aromatic heterocycles. The molecule has 0 radical (unpaired) electrons. The zero-order chi connectivity index (χ0) is 28.2. The Hall–Kier alpha value is -2.84. The van der Waals surface area contributed by atoms with Crippen LogP contribution in [0.4, 0.5) is 0 Å². The number of carbonyl (C=O) groups excluding carboxylic acids is 1. The van der Waals surface area contributed by atoms with Crippen molar-refractivity contribution in [2.75, 3.05) is 13.7 Å². The summed E-state index contributed by atoms with van der Waals surface area (Å²) in [5, 5.41) is 15.3. The van der Waals surface area contributed by atoms with Crippen LogP contribution in [0.25, 0.3) is 0 Å². The first kappa shape index (κ1) is 30.7. The number of aliphatic hydroxyl groups excluding tert-OH is 1. The monoisotopic (exact) mass is 533 g/mol. The van der Waals surface area contributed by atoms with Crippen molar-refractivity contribution in [1.82, 2.24) is 0 Å². The molecule has 2 atom stereocenters. The van der Waals surface area contributed by atoms with Crippen LogP contribution in [-0.4, -0.2) is 36.6 Å². The molecule has 1 aromatic carbocycles. The van der Waals surface area contributed by atoms with Gasteiger partial charge in [-0.2, -0.15) is 0 Å². The number of oxime groups is 1. The van der Waals surface area contributed by atoms with Crippen molar-refractivity contribution in [3.63, 3.8) is 0 Å². The Morgan fingerprint density at radius 3 is 2.62 bits per heavy atom. The largest absolute Gasteiger partial charge is 0.469 e. The van der Waals surface area contributed by atoms with E-state index in [-0.39, 0.29) is 22.2 Å². The molecule has 1 N–H and O–H groups in total. The minimum Gasteiger partial charge on any atom is -0.469 e. The number of rotatable bonds is 12. The van der Waals surface area contributed by atoms with Crippen LogP contribution >= 0.6 is 0 Å². The number of ether oxygens (including phenoxy) is 1. The molecule has 1 aromatic rings. The molecule has 5 heteroatoms. The van der Waals surface area contributed by atoms with Gasteiger partial charge in [0.2, 0.25) is 0 Å². The van der Waals surface area contributed by atoms with E-state index < -0.39 is 6.10 Å². The average molecular weight is 534 g/mol. The highest BCUT2D eigenvalue weighted by Gasteiger charge is 2.37. The van der Waals surface area contributed by atoms with Crippen LogP contribution in [0.15, 0.2) is 59.8 Å². The Labute approximate surface area is 235 Å². The van der Waals surface area contributed by atoms with Gasteiger partial charge in [-0.15, -0.1) is 0 Å². The number of aliphatic hydroxyl groups is 1. The number of nitrogens with zero attached hydrogens (tertiary/aromatic N) is 1. The maximum atomic E-state index is 11.6. The van der Waals surface area contributed by atoms with E-state index in [4.69, 9.17) is 9.57 Å². The predicted molar refractivity (Wildman–Crippen MR) is 158 cm³/mol. The molecule has 0 spiro atoms. The highest BCUT2D eigenvalue weighted by Crippen LogP contribution is 2.47. The van der Waals surface area contributed by atoms with Gasteiger partial charge in [0.15, 0.2) is 0 Å². The van der Waals surface area contributed by atoms with Gasteiger partial charge in [0, 0.05) is 17.4 Å². The second kappa shape index (κ2) is 14.5. The lowest BCUT2D eigenvalue weighted by Gasteiger charge is -2.41. The predicted octanol–water partition coefficient (Wildman–Crippen LogP) is 7.39. The number of allylic oxidation sites excluding steroid dienone is 3. The molecule has 5 nitrogen and oxygen atoms in total. The lowest BCUT2D eigenvalue weighted by atomic mass is 9.64. The molecule has 0 saturated heterocycles. The number of benzene rings is 1. The van der Waals surface area contributed by atoms with Gasteiger partial charge in [-0.05, 0) is 67.9 Å². The second-order valence-corrected chi connectivity index (χ2v) is 12.4. The molecular formula is C34H47NO4. The molecule has 212 valence electrons. The van der Waals surface area contributed by atoms with E-state index in [0.29, 0.717) is 13.0 Å². The Morgan fingerprint density at radius 1 is 1.15 bits per heavy atom. The summed E-state index contributed by atoms with van der Waals surface area (Å²) in [5.74, 6) is 6.44. The van der Waals surface area contributed by atoms with Crippen LogP contribution in [0.2, 0.25) is 0 Å². The molecule has 3 rings (SSSR count). The van der Waals surface area contributed by atoms with E-state index in [1.54, 1.807) is 0 Å². The fraction of sp³-hybridized carbons (Fsp3) is 0.588. The molecule has 2 saturated carbocycles. The Morgan fingerprint density at radius 2 is 1.92 bits per heavy atom. The number of esters is 1. The number of hydrogen-bond donors (Lipinski definition) is 1. The summed E-state index contributed by atoms with van der Waals surface area (Å²) in [6, 6.07) is 10.1. The van der Waals surface area contributed by atoms with Crippen molar-refractivity contribution < 1.29 is 19.5 Å². The smallest absolute Gasteiger partial charge is 0.306 e. The molecule has 2 unspecified atom stereocenters. The number of hydrogen-bond acceptors (Lipinski definition) is 5. The average Bonchev–Trinajstić information content (AvgIpc) is 2.89. The van der Waals surface area contributed by atoms with Crippen LogP contribution < -0.4 is 0 Å². The van der Waals surface area contributed by atoms with Crippen molar-refractivity contribution in [3.8, 4) is 11.8 Å². The Bertz CT molecular complexity index is 1070. The molecule has 2 fully saturated rings. The molecule has 0 heterocycles. The maximum absolute atomic E-state index is 11.6. The molecule has 0 bridgehead atoms. The van der Waals surface area contributed by atoms with Gasteiger partial charge in [0.25, 0.3) is 0 Å². The summed E-state index contributed by atoms with van der Waals surface area (Å²) < 4.78 is 4.80. The van der Waals surface area contributed by atoms with Crippen LogP contribution in [0, 0.1) is 28.1 Å². The first-order chi connectivity index (χ1) is 18.7. The zero-order valence-electron chi connectivity index (χ0n) is 24.4. The molecular weight excluding hydrogens is 486 g/mol. The SMILES string of the molecule is COC(=O)CC(C)(C)CCO/N=C1\CCCCC1(C)/C=C/C=C/C(O)CC1(CC#Cc2ccccc2)CCC1. The maximum Gasteiger partial charge on any atom is 0.306 e. The van der Waals surface area contributed by atoms with Crippen LogP contribution in [0.3, 0.4) is 0 Å². The van der Waals surface area contributed by atoms with Gasteiger partial charge in [0.05, 0.1) is 25.3 Å². The summed E-state index contributed by atoms with van der Waals surface area (Å²) >= 11 is 0. The van der Waals surface area contributed by atoms with E-state index in [1.165, 1.54) is 13.5 Å². The van der Waals surface area contributed by atoms with E-state index >= 15 is 0 Å². The normalized spacial score (nSPS) is 22.7. The minimum atomic E-state index is -0.475. The van der Waals surface area contributed by atoms with Crippen molar-refractivity contribution in [2.45, 2.75) is 97.5 Å². The highest BCUT2D eigenvalue weighted by molar-refractivity contribution is 5.91. The van der Waals surface area contributed by atoms with Gasteiger partial charge >= 0.3 is 5.97 Å². The fourth-order valence-corrected chi connectivity index (χ4v) is 5.50. The van der Waals surface area contributed by atoms with Gasteiger partial charge in [-0.1, -0.05) is 93.1 Å². The molecule has 2 aliphatic rings. The summed E-state index contributed by atoms with van der Waals surface area (Å²) in [7, 11) is 1.42. The second-order valence-electron chi connectivity index (χ2n) is 12.4. The van der Waals surface area contributed by atoms with Crippen molar-refractivity contribution in [2.24, 2.45) is 21.4 Å². The summed E-state index contributed by atoms with van der Waals surface area (Å²) in [5.41, 5.74) is 1.89. The van der Waals surface area contributed by atoms with Crippen LogP contribution in [-0.2, 0) is 14.4 Å². The minimum absolute atomic E-state index is 0.132. The van der Waals surface area contributed by atoms with Gasteiger partial charge < -0.3 is 14.7 Å². The number of methoxy groups -OCH3 is 1. The quantitative estimate of drug-likeness (QED) is 0.1000. The highest BCUT2D eigenvalue weighted by atomic mass is 16.6. The van der Waals surface area contributed by atoms with Crippen LogP contribution in [0.5, 0.6) is 0 Å². The van der Waals surface area contributed by atoms with Crippen molar-refractivity contribution in [1.29, 1.82) is 0 Å². The zero-order valence-corrected chi connectivity index (χ0v) is 24.4. The Kier molecular flexibility index (Phi) is 11.4. The third-order valence-corrected chi connectivity index (χ3v) is 8.35. The molecule has 0 amide bonds. The summed E-state index contributed by atoms with van der Waals surface area (Å²) in [4.78, 5) is 17.3. The standard InChI is InChI=1S/C34H47NO4/c1-32(2,27-31(37)38-4)24-25-39-35-30-18-9-11-20-33(30,3)19-10-8-17-29(36)26-34(22-13-23-34)21-12-16-28-14-6-5-7-15-28/h5-8,10,14-15,17,19,29,36H,9,11,13,18,20-27H2,1-4H3/b17-8+,19-10+,35-30+. The van der Waals surface area contributed by atoms with E-state index in [1.807, 2.05) is 62.4 Å². The molecule has 39 heavy (non-hydrogen) atoms. The third kappa shape index (κ3) is 10.0. The lowest BCUT2D eigenvalue weighted by molar-refractivity contribution is -0.143. The van der Waals surface area contributed by atoms with E-state index in [0.717, 1.165) is 69.1 Å². The molecule has 0 aliphatic heterocycles. The summed E-state index contributed by atoms with van der Waals surface area (Å²) in [6.07, 6.45) is 18.0. The van der Waals surface area contributed by atoms with E-state index in [2.05, 4.69) is 30.0 Å². The topological polar surface area (TPSA) is 68.1 Å². The first-order valence-corrected chi connectivity index (χ1v) is 14.5. The van der Waals surface area contributed by atoms with Gasteiger partial charge in [-0.3, -0.25) is 4.79 Å². The summed E-state index contributed by atoms with van der Waals surface area (Å²) in [6.45, 7) is 6.76. The molecule has 2 aliphatic carbocycles. The van der Waals surface area contributed by atoms with E-state index in [9.17, 15) is 9.90 Å². The third-order valence-electron chi connectivity index (χ3n) is 8.35. The number of carbonyl (C=O) groups is 1. The van der Waals surface area contributed by atoms with Gasteiger partial charge in [0.1, 0.15) is 6.61 Å². The van der Waals surface area contributed by atoms with Crippen molar-refractivity contribution in [3.05, 3.63) is 60.2 Å². The van der Waals surface area contributed by atoms with Crippen LogP contribution in [0.1, 0.15) is 97.0 Å². The fourth-order valence-electron chi connectivity index (χ4n) is 5.50. The lowest BCUT2D eigenvalue weighted by Crippen LogP contribution is -2.32. The van der Waals surface area contributed by atoms with Crippen molar-refractivity contribution >= 4 is 11.7 Å².